The first-order chi connectivity index (χ1) is 28.5. The Balaban J connectivity index is 1.03. The van der Waals surface area contributed by atoms with Crippen molar-refractivity contribution in [3.05, 3.63) is 130 Å². The number of carbonyl (C=O) groups is 3. The highest BCUT2D eigenvalue weighted by Crippen LogP contribution is 2.60. The summed E-state index contributed by atoms with van der Waals surface area (Å²) in [5.74, 6) is -0.0754. The van der Waals surface area contributed by atoms with E-state index in [0.717, 1.165) is 77.3 Å². The number of fused-ring (bicyclic) bond motifs is 6. The van der Waals surface area contributed by atoms with E-state index in [1.807, 2.05) is 26.8 Å². The van der Waals surface area contributed by atoms with Gasteiger partial charge in [0.05, 0.1) is 10.8 Å². The van der Waals surface area contributed by atoms with Gasteiger partial charge in [-0.25, -0.2) is 4.79 Å². The normalized spacial score (nSPS) is 28.2. The predicted octanol–water partition coefficient (Wildman–Crippen LogP) is 11.6. The van der Waals surface area contributed by atoms with Gasteiger partial charge in [-0.2, -0.15) is 0 Å². The Morgan fingerprint density at radius 1 is 0.650 bits per heavy atom. The van der Waals surface area contributed by atoms with Crippen molar-refractivity contribution < 1.29 is 19.1 Å². The van der Waals surface area contributed by atoms with Gasteiger partial charge in [0.15, 0.2) is 0 Å². The highest BCUT2D eigenvalue weighted by atomic mass is 16.6. The highest BCUT2D eigenvalue weighted by Gasteiger charge is 2.58. The maximum atomic E-state index is 14.9. The van der Waals surface area contributed by atoms with Gasteiger partial charge in [-0.05, 0) is 152 Å². The fourth-order valence-corrected chi connectivity index (χ4v) is 12.4. The Hall–Kier alpha value is -4.91. The van der Waals surface area contributed by atoms with Gasteiger partial charge >= 0.3 is 6.09 Å². The van der Waals surface area contributed by atoms with E-state index in [2.05, 4.69) is 134 Å². The lowest BCUT2D eigenvalue weighted by molar-refractivity contribution is -0.150. The number of anilines is 2. The molecule has 3 amide bonds. The second kappa shape index (κ2) is 15.8. The van der Waals surface area contributed by atoms with Gasteiger partial charge in [-0.1, -0.05) is 113 Å². The van der Waals surface area contributed by atoms with Crippen LogP contribution < -0.4 is 15.5 Å². The van der Waals surface area contributed by atoms with Gasteiger partial charge in [0, 0.05) is 24.5 Å². The largest absolute Gasteiger partial charge is 0.444 e. The summed E-state index contributed by atoms with van der Waals surface area (Å²) in [5, 5.41) is 6.08. The molecular formula is C53H65N3O4. The highest BCUT2D eigenvalue weighted by molar-refractivity contribution is 6.01. The van der Waals surface area contributed by atoms with Crippen LogP contribution in [-0.2, 0) is 51.1 Å². The lowest BCUT2D eigenvalue weighted by Gasteiger charge is -2.56. The SMILES string of the molecule is CC(C)(C)OC(=O)Nc1ccc2c(c1)[C@@]1(C)CCC[C@](C)(C(=O)NC(=O)[C@@]3(C)CCC[C@]4(C)c5cc(N(Cc6ccccc6)Cc6ccccc6)ccc5CC[C@@H]34)[C@@H]1CC2. The topological polar surface area (TPSA) is 87.7 Å². The Morgan fingerprint density at radius 2 is 1.13 bits per heavy atom. The molecule has 7 nitrogen and oxygen atoms in total. The van der Waals surface area contributed by atoms with E-state index in [9.17, 15) is 14.4 Å². The zero-order valence-corrected chi connectivity index (χ0v) is 37.0. The number of nitrogens with one attached hydrogen (secondary N) is 2. The number of hydrogen-bond acceptors (Lipinski definition) is 5. The average molecular weight is 808 g/mol. The number of imide groups is 1. The fraction of sp³-hybridized carbons (Fsp3) is 0.491. The molecule has 4 aliphatic rings. The summed E-state index contributed by atoms with van der Waals surface area (Å²) in [7, 11) is 0. The Labute approximate surface area is 358 Å². The van der Waals surface area contributed by atoms with Crippen LogP contribution in [0.25, 0.3) is 0 Å². The minimum Gasteiger partial charge on any atom is -0.444 e. The molecule has 0 aliphatic heterocycles. The average Bonchev–Trinajstić information content (AvgIpc) is 3.20. The second-order valence-electron chi connectivity index (χ2n) is 20.5. The molecule has 0 aromatic heterocycles. The molecule has 0 spiro atoms. The van der Waals surface area contributed by atoms with E-state index in [1.165, 1.54) is 39.1 Å². The summed E-state index contributed by atoms with van der Waals surface area (Å²) in [6.07, 6.45) is 8.40. The van der Waals surface area contributed by atoms with Crippen LogP contribution in [0.4, 0.5) is 16.2 Å². The maximum absolute atomic E-state index is 14.9. The van der Waals surface area contributed by atoms with Crippen LogP contribution in [0, 0.1) is 22.7 Å². The van der Waals surface area contributed by atoms with Crippen molar-refractivity contribution >= 4 is 29.3 Å². The summed E-state index contributed by atoms with van der Waals surface area (Å²) in [4.78, 5) is 44.9. The van der Waals surface area contributed by atoms with E-state index in [4.69, 9.17) is 4.74 Å². The molecule has 4 aliphatic carbocycles. The lowest BCUT2D eigenvalue weighted by atomic mass is 9.49. The van der Waals surface area contributed by atoms with Crippen molar-refractivity contribution in [2.75, 3.05) is 10.2 Å². The van der Waals surface area contributed by atoms with E-state index < -0.39 is 22.5 Å². The van der Waals surface area contributed by atoms with Crippen molar-refractivity contribution in [3.8, 4) is 0 Å². The molecule has 0 unspecified atom stereocenters. The molecule has 2 N–H and O–H groups in total. The van der Waals surface area contributed by atoms with Gasteiger partial charge in [0.1, 0.15) is 5.60 Å². The number of hydrogen-bond donors (Lipinski definition) is 2. The van der Waals surface area contributed by atoms with Crippen LogP contribution in [0.5, 0.6) is 0 Å². The van der Waals surface area contributed by atoms with Crippen LogP contribution in [0.15, 0.2) is 97.1 Å². The van der Waals surface area contributed by atoms with E-state index >= 15 is 0 Å². The summed E-state index contributed by atoms with van der Waals surface area (Å²) in [6.45, 7) is 16.1. The monoisotopic (exact) mass is 807 g/mol. The van der Waals surface area contributed by atoms with Crippen LogP contribution in [0.1, 0.15) is 133 Å². The Kier molecular flexibility index (Phi) is 11.0. The number of nitrogens with zero attached hydrogens (tertiary/aromatic N) is 1. The van der Waals surface area contributed by atoms with Crippen molar-refractivity contribution in [3.63, 3.8) is 0 Å². The molecule has 2 saturated carbocycles. The molecular weight excluding hydrogens is 743 g/mol. The fourth-order valence-electron chi connectivity index (χ4n) is 12.4. The predicted molar refractivity (Wildman–Crippen MR) is 241 cm³/mol. The number of ether oxygens (including phenoxy) is 1. The van der Waals surface area contributed by atoms with Crippen LogP contribution in [0.2, 0.25) is 0 Å². The molecule has 4 aromatic rings. The molecule has 0 saturated heterocycles. The van der Waals surface area contributed by atoms with Crippen LogP contribution in [-0.4, -0.2) is 23.5 Å². The quantitative estimate of drug-likeness (QED) is 0.173. The van der Waals surface area contributed by atoms with Gasteiger partial charge < -0.3 is 9.64 Å². The van der Waals surface area contributed by atoms with Gasteiger partial charge in [0.2, 0.25) is 11.8 Å². The molecule has 6 atom stereocenters. The second-order valence-corrected chi connectivity index (χ2v) is 20.5. The molecule has 0 bridgehead atoms. The molecule has 60 heavy (non-hydrogen) atoms. The van der Waals surface area contributed by atoms with Crippen molar-refractivity contribution in [2.24, 2.45) is 22.7 Å². The van der Waals surface area contributed by atoms with Gasteiger partial charge in [0.25, 0.3) is 0 Å². The third-order valence-corrected chi connectivity index (χ3v) is 15.4. The van der Waals surface area contributed by atoms with E-state index in [0.29, 0.717) is 5.69 Å². The molecule has 0 heterocycles. The summed E-state index contributed by atoms with van der Waals surface area (Å²) >= 11 is 0. The number of rotatable bonds is 8. The van der Waals surface area contributed by atoms with Crippen molar-refractivity contribution in [1.82, 2.24) is 5.32 Å². The number of carbonyl (C=O) groups excluding carboxylic acids is 3. The molecule has 4 aromatic carbocycles. The maximum Gasteiger partial charge on any atom is 0.412 e. The minimum atomic E-state index is -0.710. The number of benzene rings is 4. The third kappa shape index (κ3) is 7.78. The minimum absolute atomic E-state index is 0.0509. The summed E-state index contributed by atoms with van der Waals surface area (Å²) < 4.78 is 5.55. The first kappa shape index (κ1) is 41.8. The number of amides is 3. The standard InChI is InChI=1S/C53H65N3O4/c1-49(2,3)60-48(59)54-40-24-20-38-22-26-44-50(4,42(38)32-40)28-14-30-52(44,6)46(57)55-47(58)53(7)31-15-29-51(5)43-33-41(25-21-39(43)23-27-45(51)53)56(34-36-16-10-8-11-17-36)35-37-18-12-9-13-19-37/h8-13,16-21,24-25,32-33,44-45H,14-15,22-23,26-31,34-35H2,1-7H3,(H,54,59)(H,55,57,58)/t44-,45-,50-,51-,52+,53+/m1/s1. The smallest absolute Gasteiger partial charge is 0.412 e. The number of aryl methyl sites for hydroxylation is 2. The summed E-state index contributed by atoms with van der Waals surface area (Å²) in [5.41, 5.74) is 7.18. The van der Waals surface area contributed by atoms with E-state index in [1.54, 1.807) is 0 Å². The van der Waals surface area contributed by atoms with Crippen molar-refractivity contribution in [1.29, 1.82) is 0 Å². The Morgan fingerprint density at radius 3 is 1.63 bits per heavy atom. The zero-order valence-electron chi connectivity index (χ0n) is 37.0. The molecule has 8 rings (SSSR count). The van der Waals surface area contributed by atoms with Crippen molar-refractivity contribution in [2.45, 2.75) is 142 Å². The van der Waals surface area contributed by atoms with E-state index in [-0.39, 0.29) is 34.5 Å². The van der Waals surface area contributed by atoms with Crippen LogP contribution >= 0.6 is 0 Å². The molecule has 7 heteroatoms. The zero-order chi connectivity index (χ0) is 42.5. The van der Waals surface area contributed by atoms with Crippen LogP contribution in [0.3, 0.4) is 0 Å². The Bertz CT molecular complexity index is 2210. The molecule has 316 valence electrons. The lowest BCUT2D eigenvalue weighted by Crippen LogP contribution is -2.60. The first-order valence-electron chi connectivity index (χ1n) is 22.5. The van der Waals surface area contributed by atoms with Gasteiger partial charge in [-0.15, -0.1) is 0 Å². The molecule has 0 radical (unpaired) electrons. The molecule has 2 fully saturated rings. The third-order valence-electron chi connectivity index (χ3n) is 15.4. The van der Waals surface area contributed by atoms with Gasteiger partial charge in [-0.3, -0.25) is 20.2 Å². The first-order valence-corrected chi connectivity index (χ1v) is 22.5. The summed E-state index contributed by atoms with van der Waals surface area (Å²) in [6, 6.07) is 34.6.